The third-order valence-corrected chi connectivity index (χ3v) is 3.78. The first-order valence-corrected chi connectivity index (χ1v) is 6.71. The van der Waals surface area contributed by atoms with Gasteiger partial charge in [-0.2, -0.15) is 0 Å². The van der Waals surface area contributed by atoms with E-state index in [1.807, 2.05) is 12.1 Å². The van der Waals surface area contributed by atoms with Gasteiger partial charge in [-0.3, -0.25) is 4.90 Å². The van der Waals surface area contributed by atoms with Crippen LogP contribution < -0.4 is 5.32 Å². The van der Waals surface area contributed by atoms with Gasteiger partial charge in [-0.25, -0.2) is 4.98 Å². The van der Waals surface area contributed by atoms with E-state index >= 15 is 0 Å². The van der Waals surface area contributed by atoms with E-state index in [9.17, 15) is 0 Å². The predicted octanol–water partition coefficient (Wildman–Crippen LogP) is 1.81. The summed E-state index contributed by atoms with van der Waals surface area (Å²) in [6, 6.07) is 3.85. The van der Waals surface area contributed by atoms with Crippen molar-refractivity contribution in [3.05, 3.63) is 29.5 Å². The van der Waals surface area contributed by atoms with Crippen molar-refractivity contribution in [2.75, 3.05) is 26.2 Å². The number of nitrogens with zero attached hydrogens (tertiary/aromatic N) is 2. The molecule has 0 saturated carbocycles. The molecule has 0 amide bonds. The van der Waals surface area contributed by atoms with Gasteiger partial charge in [0.2, 0.25) is 0 Å². The smallest absolute Gasteiger partial charge is 0.162 e. The Morgan fingerprint density at radius 3 is 3.06 bits per heavy atom. The van der Waals surface area contributed by atoms with E-state index in [-0.39, 0.29) is 0 Å². The van der Waals surface area contributed by atoms with Crippen LogP contribution in [0, 0.1) is 0 Å². The van der Waals surface area contributed by atoms with Gasteiger partial charge in [0, 0.05) is 38.1 Å². The third-order valence-electron chi connectivity index (χ3n) is 2.88. The molecule has 3 heterocycles. The highest BCUT2D eigenvalue weighted by Crippen LogP contribution is 2.24. The van der Waals surface area contributed by atoms with Crippen molar-refractivity contribution in [3.63, 3.8) is 0 Å². The molecule has 1 aliphatic heterocycles. The molecule has 0 aliphatic carbocycles. The highest BCUT2D eigenvalue weighted by atomic mass is 32.1. The van der Waals surface area contributed by atoms with E-state index in [4.69, 9.17) is 4.42 Å². The van der Waals surface area contributed by atoms with E-state index in [1.54, 1.807) is 17.6 Å². The highest BCUT2D eigenvalue weighted by Gasteiger charge is 2.13. The summed E-state index contributed by atoms with van der Waals surface area (Å²) in [5.74, 6) is 0.863. The number of aromatic nitrogens is 1. The van der Waals surface area contributed by atoms with Gasteiger partial charge in [0.25, 0.3) is 0 Å². The molecule has 0 aromatic carbocycles. The van der Waals surface area contributed by atoms with Crippen molar-refractivity contribution in [1.29, 1.82) is 0 Å². The van der Waals surface area contributed by atoms with E-state index in [2.05, 4.69) is 20.6 Å². The summed E-state index contributed by atoms with van der Waals surface area (Å²) in [6.45, 7) is 5.31. The van der Waals surface area contributed by atoms with Crippen molar-refractivity contribution in [3.8, 4) is 10.8 Å². The van der Waals surface area contributed by atoms with Crippen LogP contribution in [0.1, 0.15) is 5.69 Å². The van der Waals surface area contributed by atoms with Gasteiger partial charge in [0.1, 0.15) is 0 Å². The van der Waals surface area contributed by atoms with Crippen molar-refractivity contribution in [2.45, 2.75) is 6.54 Å². The van der Waals surface area contributed by atoms with Crippen LogP contribution in [0.5, 0.6) is 0 Å². The number of rotatable bonds is 3. The third kappa shape index (κ3) is 2.57. The minimum absolute atomic E-state index is 0.863. The van der Waals surface area contributed by atoms with E-state index in [1.165, 1.54) is 0 Å². The molecular weight excluding hydrogens is 234 g/mol. The van der Waals surface area contributed by atoms with Crippen molar-refractivity contribution in [1.82, 2.24) is 15.2 Å². The Hall–Kier alpha value is -1.17. The second-order valence-electron chi connectivity index (χ2n) is 4.15. The van der Waals surface area contributed by atoms with Gasteiger partial charge in [-0.1, -0.05) is 0 Å². The minimum atomic E-state index is 0.863. The van der Waals surface area contributed by atoms with Gasteiger partial charge < -0.3 is 9.73 Å². The summed E-state index contributed by atoms with van der Waals surface area (Å²) in [7, 11) is 0. The first kappa shape index (κ1) is 11.0. The lowest BCUT2D eigenvalue weighted by atomic mass is 10.3. The van der Waals surface area contributed by atoms with Gasteiger partial charge >= 0.3 is 0 Å². The molecule has 2 aromatic heterocycles. The molecule has 0 spiro atoms. The number of hydrogen-bond donors (Lipinski definition) is 1. The van der Waals surface area contributed by atoms with E-state index in [0.29, 0.717) is 0 Å². The lowest BCUT2D eigenvalue weighted by Gasteiger charge is -2.26. The molecule has 1 fully saturated rings. The molecule has 17 heavy (non-hydrogen) atoms. The number of furan rings is 1. The van der Waals surface area contributed by atoms with Crippen LogP contribution in [0.2, 0.25) is 0 Å². The molecule has 5 heteroatoms. The van der Waals surface area contributed by atoms with Crippen LogP contribution in [0.15, 0.2) is 28.2 Å². The van der Waals surface area contributed by atoms with E-state index < -0.39 is 0 Å². The summed E-state index contributed by atoms with van der Waals surface area (Å²) in [6.07, 6.45) is 1.69. The molecule has 1 N–H and O–H groups in total. The first-order chi connectivity index (χ1) is 8.42. The SMILES string of the molecule is c1coc(-c2nc(CN3CCNCC3)cs2)c1. The van der Waals surface area contributed by atoms with Crippen LogP contribution >= 0.6 is 11.3 Å². The Kier molecular flexibility index (Phi) is 3.22. The maximum Gasteiger partial charge on any atom is 0.162 e. The standard InChI is InChI=1S/C12H15N3OS/c1-2-11(16-7-1)12-14-10(9-17-12)8-15-5-3-13-4-6-15/h1-2,7,9,13H,3-6,8H2. The van der Waals surface area contributed by atoms with Crippen molar-refractivity contribution >= 4 is 11.3 Å². The lowest BCUT2D eigenvalue weighted by molar-refractivity contribution is 0.231. The van der Waals surface area contributed by atoms with Crippen LogP contribution in [-0.4, -0.2) is 36.1 Å². The Bertz CT molecular complexity index is 460. The molecule has 0 radical (unpaired) electrons. The van der Waals surface area contributed by atoms with Gasteiger partial charge in [0.05, 0.1) is 12.0 Å². The predicted molar refractivity (Wildman–Crippen MR) is 68.0 cm³/mol. The zero-order chi connectivity index (χ0) is 11.5. The van der Waals surface area contributed by atoms with Gasteiger partial charge in [0.15, 0.2) is 10.8 Å². The van der Waals surface area contributed by atoms with Crippen LogP contribution in [0.4, 0.5) is 0 Å². The molecule has 1 saturated heterocycles. The van der Waals surface area contributed by atoms with Crippen molar-refractivity contribution in [2.24, 2.45) is 0 Å². The average Bonchev–Trinajstić information content (AvgIpc) is 3.00. The minimum Gasteiger partial charge on any atom is -0.462 e. The number of nitrogens with one attached hydrogen (secondary N) is 1. The summed E-state index contributed by atoms with van der Waals surface area (Å²) in [5, 5.41) is 6.45. The number of piperazine rings is 1. The zero-order valence-corrected chi connectivity index (χ0v) is 10.4. The maximum absolute atomic E-state index is 5.35. The number of hydrogen-bond acceptors (Lipinski definition) is 5. The molecule has 2 aromatic rings. The summed E-state index contributed by atoms with van der Waals surface area (Å²) < 4.78 is 5.35. The lowest BCUT2D eigenvalue weighted by Crippen LogP contribution is -2.42. The van der Waals surface area contributed by atoms with Crippen LogP contribution in [0.3, 0.4) is 0 Å². The topological polar surface area (TPSA) is 41.3 Å². The normalized spacial score (nSPS) is 17.4. The Morgan fingerprint density at radius 2 is 2.29 bits per heavy atom. The second kappa shape index (κ2) is 5.00. The Balaban J connectivity index is 1.68. The summed E-state index contributed by atoms with van der Waals surface area (Å²) >= 11 is 1.65. The fraction of sp³-hybridized carbons (Fsp3) is 0.417. The fourth-order valence-corrected chi connectivity index (χ4v) is 2.77. The largest absolute Gasteiger partial charge is 0.462 e. The Morgan fingerprint density at radius 1 is 1.41 bits per heavy atom. The highest BCUT2D eigenvalue weighted by molar-refractivity contribution is 7.13. The van der Waals surface area contributed by atoms with Gasteiger partial charge in [-0.05, 0) is 12.1 Å². The molecule has 4 nitrogen and oxygen atoms in total. The molecule has 0 atom stereocenters. The van der Waals surface area contributed by atoms with E-state index in [0.717, 1.165) is 49.2 Å². The molecule has 0 unspecified atom stereocenters. The summed E-state index contributed by atoms with van der Waals surface area (Å²) in [5.41, 5.74) is 1.14. The van der Waals surface area contributed by atoms with Crippen LogP contribution in [-0.2, 0) is 6.54 Å². The molecule has 0 bridgehead atoms. The molecule has 3 rings (SSSR count). The zero-order valence-electron chi connectivity index (χ0n) is 9.56. The first-order valence-electron chi connectivity index (χ1n) is 5.83. The Labute approximate surface area is 104 Å². The monoisotopic (exact) mass is 249 g/mol. The average molecular weight is 249 g/mol. The maximum atomic E-state index is 5.35. The quantitative estimate of drug-likeness (QED) is 0.900. The number of thiazole rings is 1. The molecular formula is C12H15N3OS. The van der Waals surface area contributed by atoms with Crippen molar-refractivity contribution < 1.29 is 4.42 Å². The molecule has 90 valence electrons. The van der Waals surface area contributed by atoms with Gasteiger partial charge in [-0.15, -0.1) is 11.3 Å². The summed E-state index contributed by atoms with van der Waals surface area (Å²) in [4.78, 5) is 7.04. The molecule has 1 aliphatic rings. The van der Waals surface area contributed by atoms with Crippen LogP contribution in [0.25, 0.3) is 10.8 Å². The fourth-order valence-electron chi connectivity index (χ4n) is 1.99. The second-order valence-corrected chi connectivity index (χ2v) is 5.01.